The lowest BCUT2D eigenvalue weighted by atomic mass is 10.1. The minimum atomic E-state index is -0.0948. The van der Waals surface area contributed by atoms with E-state index in [-0.39, 0.29) is 5.96 Å². The van der Waals surface area contributed by atoms with Crippen LogP contribution in [0.5, 0.6) is 0 Å². The van der Waals surface area contributed by atoms with Crippen LogP contribution in [0.15, 0.2) is 77.1 Å². The van der Waals surface area contributed by atoms with Crippen molar-refractivity contribution in [2.45, 2.75) is 0 Å². The maximum Gasteiger partial charge on any atom is 0.211 e. The number of rotatable bonds is 4. The molecule has 3 aromatic rings. The number of nitrogens with two attached hydrogens (primary N) is 2. The summed E-state index contributed by atoms with van der Waals surface area (Å²) in [5.74, 6) is -0.0948. The lowest BCUT2D eigenvalue weighted by molar-refractivity contribution is 1.06. The molecule has 6 heteroatoms. The van der Waals surface area contributed by atoms with E-state index >= 15 is 0 Å². The van der Waals surface area contributed by atoms with Gasteiger partial charge >= 0.3 is 0 Å². The third-order valence-corrected chi connectivity index (χ3v) is 3.64. The van der Waals surface area contributed by atoms with Crippen molar-refractivity contribution in [3.8, 4) is 16.8 Å². The Morgan fingerprint density at radius 2 is 1.62 bits per heavy atom. The summed E-state index contributed by atoms with van der Waals surface area (Å²) in [4.78, 5) is 0. The monoisotopic (exact) mass is 337 g/mol. The Morgan fingerprint density at radius 3 is 2.29 bits per heavy atom. The topological polar surface area (TPSA) is 81.7 Å². The second-order valence-electron chi connectivity index (χ2n) is 5.14. The molecular weight excluding hydrogens is 322 g/mol. The molecule has 0 fully saturated rings. The molecule has 0 aliphatic rings. The highest BCUT2D eigenvalue weighted by Gasteiger charge is 2.06. The van der Waals surface area contributed by atoms with Crippen LogP contribution in [0.3, 0.4) is 0 Å². The first kappa shape index (κ1) is 15.8. The normalized spacial score (nSPS) is 10.9. The van der Waals surface area contributed by atoms with Crippen LogP contribution in [0, 0.1) is 0 Å². The third-order valence-electron chi connectivity index (χ3n) is 3.43. The van der Waals surface area contributed by atoms with Gasteiger partial charge in [-0.05, 0) is 29.3 Å². The Balaban J connectivity index is 1.92. The standard InChI is InChI=1S/C18H16ClN5/c19-15-10-17(11-22-23-18(20)21)24(12-15)16-8-6-14(7-9-16)13-4-2-1-3-5-13/h1-12H,(H4,20,21,23)/b22-11-. The molecule has 24 heavy (non-hydrogen) atoms. The summed E-state index contributed by atoms with van der Waals surface area (Å²) in [6.45, 7) is 0. The first-order valence-electron chi connectivity index (χ1n) is 7.29. The lowest BCUT2D eigenvalue weighted by Gasteiger charge is -2.07. The zero-order valence-electron chi connectivity index (χ0n) is 12.8. The number of hydrogen-bond acceptors (Lipinski definition) is 2. The first-order chi connectivity index (χ1) is 11.6. The van der Waals surface area contributed by atoms with E-state index in [0.29, 0.717) is 5.02 Å². The number of aromatic nitrogens is 1. The second kappa shape index (κ2) is 7.02. The maximum absolute atomic E-state index is 6.12. The van der Waals surface area contributed by atoms with E-state index in [1.165, 1.54) is 5.56 Å². The molecule has 0 saturated heterocycles. The number of halogens is 1. The third kappa shape index (κ3) is 3.64. The molecular formula is C18H16ClN5. The van der Waals surface area contributed by atoms with E-state index < -0.39 is 0 Å². The summed E-state index contributed by atoms with van der Waals surface area (Å²) in [5, 5.41) is 8.05. The van der Waals surface area contributed by atoms with Crippen molar-refractivity contribution < 1.29 is 0 Å². The Bertz CT molecular complexity index is 876. The van der Waals surface area contributed by atoms with Gasteiger partial charge in [-0.25, -0.2) is 0 Å². The Labute approximate surface area is 144 Å². The molecule has 3 rings (SSSR count). The smallest absolute Gasteiger partial charge is 0.211 e. The summed E-state index contributed by atoms with van der Waals surface area (Å²) < 4.78 is 1.92. The number of hydrogen-bond donors (Lipinski definition) is 2. The van der Waals surface area contributed by atoms with Crippen LogP contribution in [-0.4, -0.2) is 16.7 Å². The molecule has 2 aromatic carbocycles. The van der Waals surface area contributed by atoms with Crippen LogP contribution >= 0.6 is 11.6 Å². The highest BCUT2D eigenvalue weighted by atomic mass is 35.5. The molecule has 120 valence electrons. The average Bonchev–Trinajstić information content (AvgIpc) is 2.96. The molecule has 0 spiro atoms. The molecule has 0 amide bonds. The van der Waals surface area contributed by atoms with Crippen LogP contribution in [-0.2, 0) is 0 Å². The fourth-order valence-corrected chi connectivity index (χ4v) is 2.58. The van der Waals surface area contributed by atoms with Crippen LogP contribution in [0.4, 0.5) is 0 Å². The predicted molar refractivity (Wildman–Crippen MR) is 99.6 cm³/mol. The van der Waals surface area contributed by atoms with Crippen molar-refractivity contribution >= 4 is 23.8 Å². The fraction of sp³-hybridized carbons (Fsp3) is 0. The molecule has 0 unspecified atom stereocenters. The van der Waals surface area contributed by atoms with Gasteiger partial charge in [0, 0.05) is 11.9 Å². The molecule has 0 aliphatic carbocycles. The van der Waals surface area contributed by atoms with Gasteiger partial charge in [0.1, 0.15) is 0 Å². The van der Waals surface area contributed by atoms with Gasteiger partial charge in [-0.1, -0.05) is 54.1 Å². The minimum absolute atomic E-state index is 0.0948. The van der Waals surface area contributed by atoms with Gasteiger partial charge in [0.05, 0.1) is 16.9 Å². The summed E-state index contributed by atoms with van der Waals surface area (Å²) in [6.07, 6.45) is 3.37. The molecule has 0 aliphatic heterocycles. The largest absolute Gasteiger partial charge is 0.369 e. The van der Waals surface area contributed by atoms with Crippen molar-refractivity contribution in [1.82, 2.24) is 4.57 Å². The van der Waals surface area contributed by atoms with Gasteiger partial charge < -0.3 is 16.0 Å². The highest BCUT2D eigenvalue weighted by Crippen LogP contribution is 2.23. The maximum atomic E-state index is 6.12. The van der Waals surface area contributed by atoms with E-state index in [4.69, 9.17) is 23.1 Å². The fourth-order valence-electron chi connectivity index (χ4n) is 2.37. The minimum Gasteiger partial charge on any atom is -0.369 e. The first-order valence-corrected chi connectivity index (χ1v) is 7.67. The van der Waals surface area contributed by atoms with Gasteiger partial charge in [-0.2, -0.15) is 5.10 Å². The Morgan fingerprint density at radius 1 is 0.958 bits per heavy atom. The molecule has 0 saturated carbocycles. The van der Waals surface area contributed by atoms with Gasteiger partial charge in [0.15, 0.2) is 0 Å². The van der Waals surface area contributed by atoms with E-state index in [2.05, 4.69) is 34.5 Å². The summed E-state index contributed by atoms with van der Waals surface area (Å²) in [7, 11) is 0. The van der Waals surface area contributed by atoms with E-state index in [1.54, 1.807) is 12.3 Å². The average molecular weight is 338 g/mol. The summed E-state index contributed by atoms with van der Waals surface area (Å²) >= 11 is 6.12. The van der Waals surface area contributed by atoms with Crippen LogP contribution in [0.25, 0.3) is 16.8 Å². The van der Waals surface area contributed by atoms with Crippen molar-refractivity contribution in [2.75, 3.05) is 0 Å². The van der Waals surface area contributed by atoms with Crippen LogP contribution in [0.1, 0.15) is 5.69 Å². The zero-order valence-corrected chi connectivity index (χ0v) is 13.6. The van der Waals surface area contributed by atoms with Gasteiger partial charge in [0.25, 0.3) is 0 Å². The molecule has 4 N–H and O–H groups in total. The Kier molecular flexibility index (Phi) is 4.63. The van der Waals surface area contributed by atoms with E-state index in [0.717, 1.165) is 16.9 Å². The molecule has 1 aromatic heterocycles. The number of guanidine groups is 1. The second-order valence-corrected chi connectivity index (χ2v) is 5.57. The van der Waals surface area contributed by atoms with E-state index in [9.17, 15) is 0 Å². The van der Waals surface area contributed by atoms with Crippen molar-refractivity contribution in [3.05, 3.63) is 77.6 Å². The van der Waals surface area contributed by atoms with Crippen molar-refractivity contribution in [2.24, 2.45) is 21.7 Å². The number of nitrogens with zero attached hydrogens (tertiary/aromatic N) is 3. The molecule has 0 radical (unpaired) electrons. The van der Waals surface area contributed by atoms with E-state index in [1.807, 2.05) is 41.1 Å². The summed E-state index contributed by atoms with van der Waals surface area (Å²) in [6, 6.07) is 20.2. The Hall–Kier alpha value is -3.05. The number of benzene rings is 2. The SMILES string of the molecule is NC(N)=N/N=C\c1cc(Cl)cn1-c1ccc(-c2ccccc2)cc1. The summed E-state index contributed by atoms with van der Waals surface area (Å²) in [5.41, 5.74) is 14.6. The predicted octanol–water partition coefficient (Wildman–Crippen LogP) is 3.41. The zero-order chi connectivity index (χ0) is 16.9. The van der Waals surface area contributed by atoms with Gasteiger partial charge in [0.2, 0.25) is 5.96 Å². The molecule has 0 atom stereocenters. The quantitative estimate of drug-likeness (QED) is 0.434. The van der Waals surface area contributed by atoms with Crippen LogP contribution < -0.4 is 11.5 Å². The molecule has 0 bridgehead atoms. The molecule has 5 nitrogen and oxygen atoms in total. The van der Waals surface area contributed by atoms with Crippen molar-refractivity contribution in [1.29, 1.82) is 0 Å². The highest BCUT2D eigenvalue weighted by molar-refractivity contribution is 6.30. The van der Waals surface area contributed by atoms with Gasteiger partial charge in [-0.3, -0.25) is 0 Å². The molecule has 1 heterocycles. The van der Waals surface area contributed by atoms with Crippen molar-refractivity contribution in [3.63, 3.8) is 0 Å². The van der Waals surface area contributed by atoms with Crippen LogP contribution in [0.2, 0.25) is 5.02 Å². The lowest BCUT2D eigenvalue weighted by Crippen LogP contribution is -2.21. The van der Waals surface area contributed by atoms with Gasteiger partial charge in [-0.15, -0.1) is 5.10 Å².